The fourth-order valence-corrected chi connectivity index (χ4v) is 5.73. The molecule has 1 aliphatic heterocycles. The highest BCUT2D eigenvalue weighted by Crippen LogP contribution is 2.50. The van der Waals surface area contributed by atoms with Gasteiger partial charge in [0.15, 0.2) is 0 Å². The van der Waals surface area contributed by atoms with Gasteiger partial charge in [-0.2, -0.15) is 0 Å². The number of carbonyl (C=O) groups is 1. The number of aliphatic hydroxyl groups excluding tert-OH is 1. The van der Waals surface area contributed by atoms with Crippen LogP contribution in [-0.4, -0.2) is 53.3 Å². The van der Waals surface area contributed by atoms with Crippen molar-refractivity contribution in [2.45, 2.75) is 77.4 Å². The van der Waals surface area contributed by atoms with Gasteiger partial charge in [-0.15, -0.1) is 0 Å². The second-order valence-corrected chi connectivity index (χ2v) is 12.1. The molecule has 1 saturated heterocycles. The molecule has 0 radical (unpaired) electrons. The molecule has 2 N–H and O–H groups in total. The van der Waals surface area contributed by atoms with E-state index >= 15 is 0 Å². The Labute approximate surface area is 216 Å². The standard InChI is InChI=1S/C31H42N2O3/c1-21(2)32-15-17-33(18-16-32)26-20-24(19-25-28(26)31(5,6)14-13-30(25,3)4)27(34)12-9-22-7-10-23(11-8-22)29(35)36/h7-12,19-21,27,34H,13-18H2,1-6H3,(H,35,36). The topological polar surface area (TPSA) is 64.0 Å². The Kier molecular flexibility index (Phi) is 7.36. The van der Waals surface area contributed by atoms with Crippen molar-refractivity contribution in [1.82, 2.24) is 4.90 Å². The Balaban J connectivity index is 1.71. The van der Waals surface area contributed by atoms with E-state index < -0.39 is 12.1 Å². The van der Waals surface area contributed by atoms with Crippen LogP contribution in [0, 0.1) is 0 Å². The van der Waals surface area contributed by atoms with Crippen LogP contribution in [0.15, 0.2) is 42.5 Å². The first-order valence-electron chi connectivity index (χ1n) is 13.3. The highest BCUT2D eigenvalue weighted by molar-refractivity contribution is 5.87. The lowest BCUT2D eigenvalue weighted by atomic mass is 9.62. The van der Waals surface area contributed by atoms with Gasteiger partial charge >= 0.3 is 5.97 Å². The molecule has 0 saturated carbocycles. The molecular formula is C31H42N2O3. The third kappa shape index (κ3) is 5.37. The number of fused-ring (bicyclic) bond motifs is 1. The highest BCUT2D eigenvalue weighted by atomic mass is 16.4. The van der Waals surface area contributed by atoms with E-state index in [4.69, 9.17) is 5.11 Å². The zero-order valence-electron chi connectivity index (χ0n) is 22.7. The minimum Gasteiger partial charge on any atom is -0.478 e. The van der Waals surface area contributed by atoms with Crippen LogP contribution in [0.1, 0.15) is 93.1 Å². The third-order valence-corrected chi connectivity index (χ3v) is 8.28. The minimum atomic E-state index is -0.938. The molecule has 5 nitrogen and oxygen atoms in total. The second kappa shape index (κ2) is 10.0. The Hall–Kier alpha value is -2.63. The average molecular weight is 491 g/mol. The van der Waals surface area contributed by atoms with Gasteiger partial charge in [0.1, 0.15) is 0 Å². The predicted molar refractivity (Wildman–Crippen MR) is 148 cm³/mol. The normalized spacial score (nSPS) is 20.5. The second-order valence-electron chi connectivity index (χ2n) is 12.1. The van der Waals surface area contributed by atoms with Crippen molar-refractivity contribution >= 4 is 17.7 Å². The van der Waals surface area contributed by atoms with Gasteiger partial charge in [-0.25, -0.2) is 4.79 Å². The lowest BCUT2D eigenvalue weighted by Gasteiger charge is -2.46. The summed E-state index contributed by atoms with van der Waals surface area (Å²) in [5.41, 5.74) is 6.25. The number of benzene rings is 2. The van der Waals surface area contributed by atoms with E-state index in [1.165, 1.54) is 16.8 Å². The Bertz CT molecular complexity index is 1120. The molecule has 0 amide bonds. The van der Waals surface area contributed by atoms with E-state index in [-0.39, 0.29) is 16.4 Å². The van der Waals surface area contributed by atoms with E-state index in [0.29, 0.717) is 6.04 Å². The van der Waals surface area contributed by atoms with Gasteiger partial charge in [0.2, 0.25) is 0 Å². The summed E-state index contributed by atoms with van der Waals surface area (Å²) in [5.74, 6) is -0.938. The maximum Gasteiger partial charge on any atom is 0.335 e. The number of hydrogen-bond donors (Lipinski definition) is 2. The average Bonchev–Trinajstić information content (AvgIpc) is 2.85. The first-order valence-corrected chi connectivity index (χ1v) is 13.3. The Morgan fingerprint density at radius 2 is 1.56 bits per heavy atom. The molecule has 0 bridgehead atoms. The maximum absolute atomic E-state index is 11.3. The number of anilines is 1. The van der Waals surface area contributed by atoms with Crippen molar-refractivity contribution in [2.75, 3.05) is 31.1 Å². The van der Waals surface area contributed by atoms with Crippen LogP contribution in [-0.2, 0) is 10.8 Å². The first-order chi connectivity index (χ1) is 16.9. The summed E-state index contributed by atoms with van der Waals surface area (Å²) >= 11 is 0. The number of rotatable bonds is 6. The number of aliphatic hydroxyl groups is 1. The molecule has 2 aromatic rings. The number of nitrogens with zero attached hydrogens (tertiary/aromatic N) is 2. The third-order valence-electron chi connectivity index (χ3n) is 8.28. The van der Waals surface area contributed by atoms with Gasteiger partial charge in [-0.05, 0) is 78.0 Å². The zero-order chi connectivity index (χ0) is 26.3. The molecule has 1 heterocycles. The molecule has 2 aliphatic rings. The van der Waals surface area contributed by atoms with E-state index in [0.717, 1.165) is 50.1 Å². The van der Waals surface area contributed by atoms with Crippen LogP contribution in [0.4, 0.5) is 5.69 Å². The van der Waals surface area contributed by atoms with E-state index in [9.17, 15) is 9.90 Å². The van der Waals surface area contributed by atoms with Gasteiger partial charge in [-0.3, -0.25) is 4.90 Å². The summed E-state index contributed by atoms with van der Waals surface area (Å²) < 4.78 is 0. The van der Waals surface area contributed by atoms with Gasteiger partial charge in [0.25, 0.3) is 0 Å². The Morgan fingerprint density at radius 3 is 2.14 bits per heavy atom. The van der Waals surface area contributed by atoms with Crippen molar-refractivity contribution in [3.63, 3.8) is 0 Å². The first kappa shape index (κ1) is 26.4. The molecule has 0 spiro atoms. The zero-order valence-corrected chi connectivity index (χ0v) is 22.7. The molecule has 1 atom stereocenters. The smallest absolute Gasteiger partial charge is 0.335 e. The van der Waals surface area contributed by atoms with Gasteiger partial charge in [0, 0.05) is 37.9 Å². The lowest BCUT2D eigenvalue weighted by Crippen LogP contribution is -2.50. The highest BCUT2D eigenvalue weighted by Gasteiger charge is 2.40. The van der Waals surface area contributed by atoms with E-state index in [1.807, 2.05) is 6.08 Å². The summed E-state index contributed by atoms with van der Waals surface area (Å²) in [6, 6.07) is 11.7. The van der Waals surface area contributed by atoms with Gasteiger partial charge < -0.3 is 15.1 Å². The summed E-state index contributed by atoms with van der Waals surface area (Å²) in [4.78, 5) is 16.2. The van der Waals surface area contributed by atoms with Crippen LogP contribution in [0.5, 0.6) is 0 Å². The van der Waals surface area contributed by atoms with Gasteiger partial charge in [0.05, 0.1) is 11.7 Å². The maximum atomic E-state index is 11.3. The number of carboxylic acids is 1. The molecule has 36 heavy (non-hydrogen) atoms. The van der Waals surface area contributed by atoms with Crippen LogP contribution in [0.3, 0.4) is 0 Å². The van der Waals surface area contributed by atoms with Crippen LogP contribution >= 0.6 is 0 Å². The monoisotopic (exact) mass is 490 g/mol. The van der Waals surface area contributed by atoms with Crippen LogP contribution in [0.25, 0.3) is 6.08 Å². The van der Waals surface area contributed by atoms with Crippen molar-refractivity contribution in [1.29, 1.82) is 0 Å². The largest absolute Gasteiger partial charge is 0.478 e. The molecule has 1 aliphatic carbocycles. The summed E-state index contributed by atoms with van der Waals surface area (Å²) in [6.07, 6.45) is 5.20. The minimum absolute atomic E-state index is 0.0471. The summed E-state index contributed by atoms with van der Waals surface area (Å²) in [6.45, 7) is 18.0. The van der Waals surface area contributed by atoms with E-state index in [2.05, 4.69) is 63.5 Å². The fourth-order valence-electron chi connectivity index (χ4n) is 5.73. The van der Waals surface area contributed by atoms with E-state index in [1.54, 1.807) is 30.3 Å². The summed E-state index contributed by atoms with van der Waals surface area (Å²) in [7, 11) is 0. The molecule has 194 valence electrons. The lowest BCUT2D eigenvalue weighted by molar-refractivity contribution is 0.0697. The Morgan fingerprint density at radius 1 is 0.944 bits per heavy atom. The predicted octanol–water partition coefficient (Wildman–Crippen LogP) is 6.01. The molecule has 4 rings (SSSR count). The SMILES string of the molecule is CC(C)N1CCN(c2cc(C(O)C=Cc3ccc(C(=O)O)cc3)cc3c2C(C)(C)CCC3(C)C)CC1. The number of carboxylic acid groups (broad SMARTS) is 1. The molecule has 5 heteroatoms. The quantitative estimate of drug-likeness (QED) is 0.519. The molecule has 2 aromatic carbocycles. The van der Waals surface area contributed by atoms with Crippen molar-refractivity contribution < 1.29 is 15.0 Å². The van der Waals surface area contributed by atoms with Gasteiger partial charge in [-0.1, -0.05) is 58.0 Å². The summed E-state index contributed by atoms with van der Waals surface area (Å²) in [5, 5.41) is 20.4. The molecule has 1 fully saturated rings. The molecule has 1 unspecified atom stereocenters. The number of aromatic carboxylic acids is 1. The molecular weight excluding hydrogens is 448 g/mol. The van der Waals surface area contributed by atoms with Crippen molar-refractivity contribution in [3.8, 4) is 0 Å². The van der Waals surface area contributed by atoms with Crippen LogP contribution < -0.4 is 4.90 Å². The fraction of sp³-hybridized carbons (Fsp3) is 0.516. The van der Waals surface area contributed by atoms with Crippen molar-refractivity contribution in [2.24, 2.45) is 0 Å². The van der Waals surface area contributed by atoms with Crippen LogP contribution in [0.2, 0.25) is 0 Å². The van der Waals surface area contributed by atoms with Crippen molar-refractivity contribution in [3.05, 3.63) is 70.3 Å². The number of hydrogen-bond acceptors (Lipinski definition) is 4. The molecule has 0 aromatic heterocycles. The number of piperazine rings is 1.